The van der Waals surface area contributed by atoms with Crippen LogP contribution in [0.1, 0.15) is 37.8 Å². The lowest BCUT2D eigenvalue weighted by molar-refractivity contribution is -0.928. The maximum atomic E-state index is 13.9. The third-order valence-electron chi connectivity index (χ3n) is 7.93. The predicted molar refractivity (Wildman–Crippen MR) is 179 cm³/mol. The summed E-state index contributed by atoms with van der Waals surface area (Å²) in [6.07, 6.45) is -3.67. The number of hydrogen-bond acceptors (Lipinski definition) is 9. The van der Waals surface area contributed by atoms with E-state index in [-0.39, 0.29) is 28.9 Å². The van der Waals surface area contributed by atoms with E-state index in [9.17, 15) is 41.4 Å². The zero-order chi connectivity index (χ0) is 38.1. The zero-order valence-electron chi connectivity index (χ0n) is 28.3. The Labute approximate surface area is 294 Å². The monoisotopic (exact) mass is 737 g/mol. The minimum absolute atomic E-state index is 0.0559. The van der Waals surface area contributed by atoms with E-state index in [4.69, 9.17) is 15.6 Å². The summed E-state index contributed by atoms with van der Waals surface area (Å²) in [5, 5.41) is 31.2. The number of halogens is 3. The van der Waals surface area contributed by atoms with Gasteiger partial charge in [-0.05, 0) is 87.2 Å². The molecule has 4 rings (SSSR count). The lowest BCUT2D eigenvalue weighted by atomic mass is 9.98. The van der Waals surface area contributed by atoms with Crippen LogP contribution >= 0.6 is 0 Å². The number of nitrogens with zero attached hydrogens (tertiary/aromatic N) is 2. The van der Waals surface area contributed by atoms with E-state index in [0.717, 1.165) is 24.1 Å². The number of urea groups is 1. The molecule has 0 spiro atoms. The fraction of sp³-hybridized carbons (Fsp3) is 0.382. The molecule has 17 heteroatoms. The molecule has 3 amide bonds. The first-order valence-corrected chi connectivity index (χ1v) is 17.4. The van der Waals surface area contributed by atoms with Crippen molar-refractivity contribution in [3.63, 3.8) is 0 Å². The molecule has 1 unspecified atom stereocenters. The van der Waals surface area contributed by atoms with Crippen LogP contribution in [0.25, 0.3) is 0 Å². The van der Waals surface area contributed by atoms with Gasteiger partial charge >= 0.3 is 12.2 Å². The molecule has 0 radical (unpaired) electrons. The van der Waals surface area contributed by atoms with Crippen molar-refractivity contribution in [2.75, 3.05) is 25.5 Å². The summed E-state index contributed by atoms with van der Waals surface area (Å²) in [7, 11) is -1.65. The van der Waals surface area contributed by atoms with E-state index in [2.05, 4.69) is 17.1 Å². The number of piperidine rings is 1. The molecule has 0 bridgehead atoms. The van der Waals surface area contributed by atoms with Gasteiger partial charge in [-0.3, -0.25) is 9.69 Å². The van der Waals surface area contributed by atoms with Crippen molar-refractivity contribution in [1.29, 1.82) is 0 Å². The number of anilines is 1. The number of carbonyl (C=O) groups excluding carboxylic acids is 3. The van der Waals surface area contributed by atoms with Crippen LogP contribution in [0.3, 0.4) is 0 Å². The minimum Gasteiger partial charge on any atom is -0.542 e. The summed E-state index contributed by atoms with van der Waals surface area (Å²) in [4.78, 5) is 37.8. The molecule has 6 N–H and O–H groups in total. The quantitative estimate of drug-likeness (QED) is 0.194. The van der Waals surface area contributed by atoms with Crippen LogP contribution in [0.15, 0.2) is 77.7 Å². The summed E-state index contributed by atoms with van der Waals surface area (Å²) in [5.41, 5.74) is 8.42. The topological polar surface area (TPSA) is 202 Å². The number of aliphatic carboxylic acids is 1. The number of likely N-dealkylation sites (N-methyl/N-ethyl adjacent to an activating group) is 1. The minimum atomic E-state index is -5.19. The number of nitrogens with one attached hydrogen (secondary N) is 2. The van der Waals surface area contributed by atoms with Gasteiger partial charge in [-0.1, -0.05) is 24.3 Å². The predicted octanol–water partition coefficient (Wildman–Crippen LogP) is 2.82. The van der Waals surface area contributed by atoms with Gasteiger partial charge in [0, 0.05) is 17.3 Å². The van der Waals surface area contributed by atoms with E-state index in [1.165, 1.54) is 41.3 Å². The number of benzene rings is 3. The highest BCUT2D eigenvalue weighted by Gasteiger charge is 2.41. The number of sulfonamides is 1. The van der Waals surface area contributed by atoms with Crippen LogP contribution in [0, 0.1) is 0 Å². The van der Waals surface area contributed by atoms with E-state index in [1.54, 1.807) is 44.2 Å². The second-order valence-corrected chi connectivity index (χ2v) is 14.6. The molecule has 0 aliphatic carbocycles. The average Bonchev–Trinajstić information content (AvgIpc) is 3.01. The number of nitrogens with two attached hydrogens (primary N) is 1. The second-order valence-electron chi connectivity index (χ2n) is 12.9. The van der Waals surface area contributed by atoms with Crippen LogP contribution in [0.2, 0.25) is 0 Å². The number of likely N-dealkylation sites (tertiary alicyclic amines) is 1. The largest absolute Gasteiger partial charge is 0.542 e. The highest BCUT2D eigenvalue weighted by molar-refractivity contribution is 7.89. The molecule has 1 aliphatic rings. The number of rotatable bonds is 10. The van der Waals surface area contributed by atoms with Gasteiger partial charge in [0.2, 0.25) is 15.9 Å². The lowest BCUT2D eigenvalue weighted by Crippen LogP contribution is -2.62. The van der Waals surface area contributed by atoms with E-state index in [1.807, 2.05) is 6.07 Å². The van der Waals surface area contributed by atoms with E-state index in [0.29, 0.717) is 29.7 Å². The van der Waals surface area contributed by atoms with E-state index < -0.39 is 46.2 Å². The number of amides is 3. The first kappa shape index (κ1) is 40.7. The molecule has 3 aromatic rings. The number of phenolic OH excluding ortho intramolecular Hbond substituents is 2. The van der Waals surface area contributed by atoms with Crippen LogP contribution in [0.4, 0.5) is 23.7 Å². The Bertz CT molecular complexity index is 1770. The van der Waals surface area contributed by atoms with Gasteiger partial charge in [-0.2, -0.15) is 13.2 Å². The molecule has 0 saturated carbocycles. The SMILES string of the molecule is CC(C)NS(=O)(=O)c1ccc(NC(=O)N(C(=O)[C@@H](N)Cc2ccc(O)cc2)[C@H]2CCC[N+](C)(Cc3cccc(O)c3)C2)cc1.O=C([O-])C(F)(F)F. The first-order valence-electron chi connectivity index (χ1n) is 15.9. The first-order chi connectivity index (χ1) is 23.7. The zero-order valence-corrected chi connectivity index (χ0v) is 29.1. The number of carboxylic acid groups (broad SMARTS) is 1. The third kappa shape index (κ3) is 12.2. The van der Waals surface area contributed by atoms with Crippen molar-refractivity contribution >= 4 is 33.6 Å². The molecule has 3 aromatic carbocycles. The second kappa shape index (κ2) is 17.0. The summed E-state index contributed by atoms with van der Waals surface area (Å²) >= 11 is 0. The molecule has 3 atom stereocenters. The van der Waals surface area contributed by atoms with Crippen LogP contribution < -0.4 is 20.9 Å². The summed E-state index contributed by atoms with van der Waals surface area (Å²) in [6, 6.07) is 16.8. The Morgan fingerprint density at radius 3 is 2.16 bits per heavy atom. The summed E-state index contributed by atoms with van der Waals surface area (Å²) in [5.74, 6) is -3.27. The van der Waals surface area contributed by atoms with Gasteiger partial charge < -0.3 is 35.6 Å². The molecular weight excluding hydrogens is 695 g/mol. The normalized spacial score (nSPS) is 18.2. The highest BCUT2D eigenvalue weighted by Crippen LogP contribution is 2.27. The van der Waals surface area contributed by atoms with Gasteiger partial charge in [0.15, 0.2) is 0 Å². The lowest BCUT2D eigenvalue weighted by Gasteiger charge is -2.44. The van der Waals surface area contributed by atoms with Crippen molar-refractivity contribution in [1.82, 2.24) is 9.62 Å². The molecule has 1 fully saturated rings. The highest BCUT2D eigenvalue weighted by atomic mass is 32.2. The van der Waals surface area contributed by atoms with Crippen LogP contribution in [-0.2, 0) is 32.6 Å². The Morgan fingerprint density at radius 2 is 1.61 bits per heavy atom. The summed E-state index contributed by atoms with van der Waals surface area (Å²) < 4.78 is 59.7. The Kier molecular flexibility index (Phi) is 13.6. The van der Waals surface area contributed by atoms with Crippen molar-refractivity contribution < 1.29 is 55.8 Å². The van der Waals surface area contributed by atoms with Crippen molar-refractivity contribution in [3.05, 3.63) is 83.9 Å². The fourth-order valence-electron chi connectivity index (χ4n) is 5.73. The van der Waals surface area contributed by atoms with Gasteiger partial charge in [-0.15, -0.1) is 0 Å². The number of alkyl halides is 3. The molecule has 278 valence electrons. The maximum absolute atomic E-state index is 13.9. The number of imide groups is 1. The number of carbonyl (C=O) groups is 3. The smallest absolute Gasteiger partial charge is 0.430 e. The van der Waals surface area contributed by atoms with Crippen molar-refractivity contribution in [2.45, 2.75) is 68.9 Å². The Hall–Kier alpha value is -4.71. The molecule has 1 aliphatic heterocycles. The van der Waals surface area contributed by atoms with Crippen molar-refractivity contribution in [3.8, 4) is 11.5 Å². The Morgan fingerprint density at radius 1 is 1.00 bits per heavy atom. The molecule has 13 nitrogen and oxygen atoms in total. The number of phenols is 2. The molecule has 1 saturated heterocycles. The molecule has 1 heterocycles. The average molecular weight is 738 g/mol. The number of aromatic hydroxyl groups is 2. The molecule has 0 aromatic heterocycles. The number of quaternary nitrogens is 1. The van der Waals surface area contributed by atoms with Crippen LogP contribution in [0.5, 0.6) is 11.5 Å². The van der Waals surface area contributed by atoms with Gasteiger partial charge in [-0.25, -0.2) is 17.9 Å². The Balaban J connectivity index is 0.000000908. The van der Waals surface area contributed by atoms with Gasteiger partial charge in [0.05, 0.1) is 30.6 Å². The number of carboxylic acids is 1. The number of hydrogen-bond donors (Lipinski definition) is 5. The standard InChI is InChI=1S/C32H41N5O6S.C2HF3O2/c1-22(2)35-44(42,43)29-15-11-25(12-16-29)34-32(41)36(31(40)30(33)19-23-9-13-27(38)14-10-23)26-7-5-17-37(3,21-26)20-24-6-4-8-28(39)18-24;3-2(4,5)1(6)7/h4,6,8-16,18,22,26,30,35H,5,7,17,19-21,33H2,1-3H3,(H2-,34,38,39,41);(H,6,7)/t26-,30-,37?;/m0./s1. The van der Waals surface area contributed by atoms with Crippen molar-refractivity contribution in [2.24, 2.45) is 5.73 Å². The fourth-order valence-corrected chi connectivity index (χ4v) is 6.98. The molecular formula is C34H42F3N5O8S. The maximum Gasteiger partial charge on any atom is 0.430 e. The van der Waals surface area contributed by atoms with Gasteiger partial charge in [0.1, 0.15) is 30.6 Å². The van der Waals surface area contributed by atoms with Crippen LogP contribution in [-0.4, -0.2) is 90.4 Å². The van der Waals surface area contributed by atoms with Gasteiger partial charge in [0.25, 0.3) is 0 Å². The summed E-state index contributed by atoms with van der Waals surface area (Å²) in [6.45, 7) is 5.37. The molecule has 51 heavy (non-hydrogen) atoms. The van der Waals surface area contributed by atoms with E-state index >= 15 is 0 Å². The third-order valence-corrected chi connectivity index (χ3v) is 9.60.